The van der Waals surface area contributed by atoms with Crippen molar-refractivity contribution in [2.45, 2.75) is 11.4 Å². The van der Waals surface area contributed by atoms with Crippen LogP contribution >= 0.6 is 22.9 Å². The van der Waals surface area contributed by atoms with E-state index in [0.29, 0.717) is 5.01 Å². The third kappa shape index (κ3) is 3.76. The Kier molecular flexibility index (Phi) is 4.72. The molecule has 0 aliphatic heterocycles. The molecular weight excluding hydrogens is 354 g/mol. The highest BCUT2D eigenvalue weighted by atomic mass is 35.5. The van der Waals surface area contributed by atoms with Crippen molar-refractivity contribution in [3.05, 3.63) is 64.1 Å². The highest BCUT2D eigenvalue weighted by Crippen LogP contribution is 2.22. The Morgan fingerprint density at radius 1 is 1.09 bits per heavy atom. The van der Waals surface area contributed by atoms with Gasteiger partial charge in [-0.3, -0.25) is 4.98 Å². The van der Waals surface area contributed by atoms with Crippen molar-refractivity contribution >= 4 is 33.0 Å². The summed E-state index contributed by atoms with van der Waals surface area (Å²) in [5, 5.41) is 2.69. The van der Waals surface area contributed by atoms with Gasteiger partial charge in [0.1, 0.15) is 9.90 Å². The van der Waals surface area contributed by atoms with Gasteiger partial charge in [-0.1, -0.05) is 29.8 Å². The lowest BCUT2D eigenvalue weighted by Crippen LogP contribution is -2.23. The second kappa shape index (κ2) is 6.76. The Morgan fingerprint density at radius 3 is 2.61 bits per heavy atom. The summed E-state index contributed by atoms with van der Waals surface area (Å²) in [5.41, 5.74) is 1.48. The lowest BCUT2D eigenvalue weighted by Gasteiger charge is -2.06. The van der Waals surface area contributed by atoms with Crippen LogP contribution in [0.15, 0.2) is 58.9 Å². The molecule has 23 heavy (non-hydrogen) atoms. The highest BCUT2D eigenvalue weighted by molar-refractivity contribution is 7.89. The van der Waals surface area contributed by atoms with E-state index in [-0.39, 0.29) is 16.5 Å². The summed E-state index contributed by atoms with van der Waals surface area (Å²) in [7, 11) is -3.68. The lowest BCUT2D eigenvalue weighted by molar-refractivity contribution is 0.581. The summed E-state index contributed by atoms with van der Waals surface area (Å²) < 4.78 is 27.1. The van der Waals surface area contributed by atoms with E-state index in [4.69, 9.17) is 11.6 Å². The van der Waals surface area contributed by atoms with Gasteiger partial charge in [0.25, 0.3) is 0 Å². The summed E-state index contributed by atoms with van der Waals surface area (Å²) in [6.45, 7) is 0.102. The molecule has 1 N–H and O–H groups in total. The molecule has 0 atom stereocenters. The second-order valence-electron chi connectivity index (χ2n) is 4.60. The zero-order chi connectivity index (χ0) is 16.3. The first-order valence-corrected chi connectivity index (χ1v) is 9.40. The number of aromatic nitrogens is 2. The van der Waals surface area contributed by atoms with E-state index >= 15 is 0 Å². The van der Waals surface area contributed by atoms with Crippen molar-refractivity contribution in [2.75, 3.05) is 0 Å². The predicted molar refractivity (Wildman–Crippen MR) is 90.8 cm³/mol. The standard InChI is InChI=1S/C15H12ClN3O2S2/c16-11-5-1-2-7-14(11)23(20,21)18-9-15-19-13(10-22-15)12-6-3-4-8-17-12/h1-8,10,18H,9H2. The van der Waals surface area contributed by atoms with Crippen molar-refractivity contribution in [1.82, 2.24) is 14.7 Å². The van der Waals surface area contributed by atoms with E-state index < -0.39 is 10.0 Å². The normalized spacial score (nSPS) is 11.5. The number of halogens is 1. The van der Waals surface area contributed by atoms with Gasteiger partial charge in [0.2, 0.25) is 10.0 Å². The Hall–Kier alpha value is -1.80. The molecule has 0 amide bonds. The first-order chi connectivity index (χ1) is 11.1. The molecule has 118 valence electrons. The van der Waals surface area contributed by atoms with Gasteiger partial charge in [-0.2, -0.15) is 0 Å². The first kappa shape index (κ1) is 16.1. The molecule has 1 aromatic carbocycles. The molecule has 2 aromatic heterocycles. The minimum Gasteiger partial charge on any atom is -0.255 e. The van der Waals surface area contributed by atoms with Crippen LogP contribution in [0.3, 0.4) is 0 Å². The Bertz CT molecular complexity index is 911. The predicted octanol–water partition coefficient (Wildman–Crippen LogP) is 3.34. The lowest BCUT2D eigenvalue weighted by atomic mass is 10.3. The third-order valence-corrected chi connectivity index (χ3v) is 5.77. The average molecular weight is 366 g/mol. The largest absolute Gasteiger partial charge is 0.255 e. The minimum atomic E-state index is -3.68. The molecule has 8 heteroatoms. The molecule has 0 aliphatic carbocycles. The van der Waals surface area contributed by atoms with Crippen molar-refractivity contribution in [3.63, 3.8) is 0 Å². The van der Waals surface area contributed by atoms with Gasteiger partial charge < -0.3 is 0 Å². The van der Waals surface area contributed by atoms with Gasteiger partial charge >= 0.3 is 0 Å². The van der Waals surface area contributed by atoms with Crippen molar-refractivity contribution < 1.29 is 8.42 Å². The van der Waals surface area contributed by atoms with E-state index in [9.17, 15) is 8.42 Å². The summed E-state index contributed by atoms with van der Waals surface area (Å²) in [6, 6.07) is 11.9. The number of sulfonamides is 1. The van der Waals surface area contributed by atoms with Gasteiger partial charge in [-0.15, -0.1) is 11.3 Å². The second-order valence-corrected chi connectivity index (χ2v) is 7.68. The number of benzene rings is 1. The molecule has 2 heterocycles. The maximum atomic E-state index is 12.3. The highest BCUT2D eigenvalue weighted by Gasteiger charge is 2.17. The molecule has 3 rings (SSSR count). The average Bonchev–Trinajstić information content (AvgIpc) is 3.03. The quantitative estimate of drug-likeness (QED) is 0.752. The smallest absolute Gasteiger partial charge is 0.242 e. The first-order valence-electron chi connectivity index (χ1n) is 6.66. The molecule has 0 spiro atoms. The van der Waals surface area contributed by atoms with Crippen LogP contribution in [0.2, 0.25) is 5.02 Å². The molecule has 0 saturated heterocycles. The van der Waals surface area contributed by atoms with Gasteiger partial charge in [0.05, 0.1) is 23.0 Å². The maximum Gasteiger partial charge on any atom is 0.242 e. The fourth-order valence-electron chi connectivity index (χ4n) is 1.92. The SMILES string of the molecule is O=S(=O)(NCc1nc(-c2ccccn2)cs1)c1ccccc1Cl. The van der Waals surface area contributed by atoms with Gasteiger partial charge in [-0.05, 0) is 24.3 Å². The third-order valence-electron chi connectivity index (χ3n) is 3.02. The molecule has 5 nitrogen and oxygen atoms in total. The Morgan fingerprint density at radius 2 is 1.87 bits per heavy atom. The summed E-state index contributed by atoms with van der Waals surface area (Å²) in [6.07, 6.45) is 1.69. The number of rotatable bonds is 5. The zero-order valence-corrected chi connectivity index (χ0v) is 14.2. The van der Waals surface area contributed by atoms with E-state index in [0.717, 1.165) is 11.4 Å². The number of hydrogen-bond donors (Lipinski definition) is 1. The molecule has 0 aliphatic rings. The van der Waals surface area contributed by atoms with Crippen molar-refractivity contribution in [1.29, 1.82) is 0 Å². The molecule has 0 saturated carbocycles. The number of nitrogens with zero attached hydrogens (tertiary/aromatic N) is 2. The topological polar surface area (TPSA) is 72.0 Å². The zero-order valence-electron chi connectivity index (χ0n) is 11.8. The summed E-state index contributed by atoms with van der Waals surface area (Å²) >= 11 is 7.31. The van der Waals surface area contributed by atoms with Crippen molar-refractivity contribution in [3.8, 4) is 11.4 Å². The maximum absolute atomic E-state index is 12.3. The van der Waals surface area contributed by atoms with Crippen molar-refractivity contribution in [2.24, 2.45) is 0 Å². The van der Waals surface area contributed by atoms with Crippen LogP contribution in [0.25, 0.3) is 11.4 Å². The molecule has 0 unspecified atom stereocenters. The molecule has 0 fully saturated rings. The minimum absolute atomic E-state index is 0.0585. The fourth-order valence-corrected chi connectivity index (χ4v) is 4.25. The van der Waals surface area contributed by atoms with E-state index in [1.54, 1.807) is 24.4 Å². The van der Waals surface area contributed by atoms with Gasteiger partial charge in [-0.25, -0.2) is 18.1 Å². The summed E-state index contributed by atoms with van der Waals surface area (Å²) in [5.74, 6) is 0. The number of pyridine rings is 1. The monoisotopic (exact) mass is 365 g/mol. The van der Waals surface area contributed by atoms with Crippen LogP contribution in [0.1, 0.15) is 5.01 Å². The molecule has 0 bridgehead atoms. The van der Waals surface area contributed by atoms with Crippen LogP contribution in [0.4, 0.5) is 0 Å². The van der Waals surface area contributed by atoms with Gasteiger partial charge in [0, 0.05) is 11.6 Å². The molecule has 0 radical (unpaired) electrons. The number of nitrogens with one attached hydrogen (secondary N) is 1. The Labute approximate surface area is 143 Å². The summed E-state index contributed by atoms with van der Waals surface area (Å²) in [4.78, 5) is 8.67. The van der Waals surface area contributed by atoms with Gasteiger partial charge in [0.15, 0.2) is 0 Å². The van der Waals surface area contributed by atoms with E-state index in [2.05, 4.69) is 14.7 Å². The van der Waals surface area contributed by atoms with Crippen LogP contribution in [-0.2, 0) is 16.6 Å². The molecule has 3 aromatic rings. The van der Waals surface area contributed by atoms with Crippen LogP contribution < -0.4 is 4.72 Å². The number of thiazole rings is 1. The van der Waals surface area contributed by atoms with Crippen LogP contribution in [0, 0.1) is 0 Å². The Balaban J connectivity index is 1.74. The van der Waals surface area contributed by atoms with E-state index in [1.807, 2.05) is 23.6 Å². The number of hydrogen-bond acceptors (Lipinski definition) is 5. The molecular formula is C15H12ClN3O2S2. The fraction of sp³-hybridized carbons (Fsp3) is 0.0667. The van der Waals surface area contributed by atoms with Crippen LogP contribution in [-0.4, -0.2) is 18.4 Å². The van der Waals surface area contributed by atoms with E-state index in [1.165, 1.54) is 17.4 Å². The van der Waals surface area contributed by atoms with Crippen LogP contribution in [0.5, 0.6) is 0 Å².